The van der Waals surface area contributed by atoms with Crippen molar-refractivity contribution in [2.45, 2.75) is 11.4 Å². The van der Waals surface area contributed by atoms with Crippen LogP contribution in [0.4, 0.5) is 0 Å². The first-order valence-corrected chi connectivity index (χ1v) is 6.18. The van der Waals surface area contributed by atoms with Gasteiger partial charge >= 0.3 is 0 Å². The van der Waals surface area contributed by atoms with E-state index in [9.17, 15) is 0 Å². The highest BCUT2D eigenvalue weighted by Crippen LogP contribution is 2.28. The molecule has 1 nitrogen and oxygen atoms in total. The Morgan fingerprint density at radius 1 is 0.882 bits per heavy atom. The molecule has 0 fully saturated rings. The summed E-state index contributed by atoms with van der Waals surface area (Å²) in [5.74, 6) is 0.836. The van der Waals surface area contributed by atoms with Crippen LogP contribution in [-0.2, 0) is 6.61 Å². The summed E-state index contributed by atoms with van der Waals surface area (Å²) in [4.78, 5) is -0.523. The Bertz CT molecular complexity index is 469. The summed E-state index contributed by atoms with van der Waals surface area (Å²) in [5, 5.41) is 0. The monoisotopic (exact) mass is 266 g/mol. The van der Waals surface area contributed by atoms with Crippen LogP contribution in [0.3, 0.4) is 0 Å². The van der Waals surface area contributed by atoms with E-state index < -0.39 is 4.84 Å². The summed E-state index contributed by atoms with van der Waals surface area (Å²) in [6.07, 6.45) is 0. The number of para-hydroxylation sites is 1. The molecule has 0 aliphatic carbocycles. The number of benzene rings is 2. The Balaban J connectivity index is 2.09. The lowest BCUT2D eigenvalue weighted by molar-refractivity contribution is 0.305. The van der Waals surface area contributed by atoms with Gasteiger partial charge in [0.15, 0.2) is 0 Å². The quantitative estimate of drug-likeness (QED) is 0.727. The van der Waals surface area contributed by atoms with Crippen molar-refractivity contribution in [3.05, 3.63) is 65.7 Å². The van der Waals surface area contributed by atoms with Crippen LogP contribution in [0.15, 0.2) is 54.6 Å². The summed E-state index contributed by atoms with van der Waals surface area (Å²) in [6.45, 7) is 0.468. The molecule has 0 unspecified atom stereocenters. The zero-order valence-electron chi connectivity index (χ0n) is 9.14. The summed E-state index contributed by atoms with van der Waals surface area (Å²) in [6, 6.07) is 17.4. The molecule has 0 aliphatic rings. The Kier molecular flexibility index (Phi) is 4.29. The first-order valence-electron chi connectivity index (χ1n) is 5.31. The summed E-state index contributed by atoms with van der Waals surface area (Å²) in [7, 11) is 0. The minimum atomic E-state index is -0.523. The fourth-order valence-corrected chi connectivity index (χ4v) is 1.98. The van der Waals surface area contributed by atoms with Crippen LogP contribution in [-0.4, -0.2) is 0 Å². The van der Waals surface area contributed by atoms with Crippen LogP contribution in [0.2, 0.25) is 0 Å². The third-order valence-electron chi connectivity index (χ3n) is 2.43. The normalized spacial score (nSPS) is 10.5. The molecule has 2 aromatic rings. The van der Waals surface area contributed by atoms with Gasteiger partial charge in [0.1, 0.15) is 17.2 Å². The first kappa shape index (κ1) is 12.3. The number of hydrogen-bond acceptors (Lipinski definition) is 1. The molecule has 0 bridgehead atoms. The van der Waals surface area contributed by atoms with Gasteiger partial charge in [-0.2, -0.15) is 0 Å². The smallest absolute Gasteiger partial charge is 0.133 e. The van der Waals surface area contributed by atoms with Crippen molar-refractivity contribution in [3.8, 4) is 5.75 Å². The molecule has 0 saturated heterocycles. The third-order valence-corrected chi connectivity index (χ3v) is 2.90. The average molecular weight is 267 g/mol. The Morgan fingerprint density at radius 2 is 1.53 bits per heavy atom. The van der Waals surface area contributed by atoms with E-state index in [1.165, 1.54) is 0 Å². The van der Waals surface area contributed by atoms with Crippen LogP contribution < -0.4 is 4.74 Å². The van der Waals surface area contributed by atoms with E-state index in [-0.39, 0.29) is 0 Å². The molecular weight excluding hydrogens is 255 g/mol. The van der Waals surface area contributed by atoms with Gasteiger partial charge in [-0.3, -0.25) is 0 Å². The first-order chi connectivity index (χ1) is 8.27. The molecule has 0 atom stereocenters. The van der Waals surface area contributed by atoms with E-state index in [1.807, 2.05) is 54.6 Å². The van der Waals surface area contributed by atoms with Gasteiger partial charge in [0.2, 0.25) is 0 Å². The molecule has 0 N–H and O–H groups in total. The maximum atomic E-state index is 5.90. The Morgan fingerprint density at radius 3 is 2.24 bits per heavy atom. The van der Waals surface area contributed by atoms with Crippen molar-refractivity contribution in [1.29, 1.82) is 0 Å². The van der Waals surface area contributed by atoms with E-state index >= 15 is 0 Å². The van der Waals surface area contributed by atoms with Crippen LogP contribution in [0, 0.1) is 0 Å². The lowest BCUT2D eigenvalue weighted by atomic mass is 10.1. The predicted molar refractivity (Wildman–Crippen MR) is 71.7 cm³/mol. The molecule has 3 heteroatoms. The molecule has 0 aliphatic heterocycles. The highest BCUT2D eigenvalue weighted by Gasteiger charge is 2.09. The topological polar surface area (TPSA) is 9.23 Å². The number of halogens is 2. The number of rotatable bonds is 4. The van der Waals surface area contributed by atoms with Gasteiger partial charge in [0.05, 0.1) is 0 Å². The SMILES string of the molecule is ClC(Cl)c1ccccc1COc1ccccc1. The molecule has 0 heterocycles. The van der Waals surface area contributed by atoms with E-state index in [1.54, 1.807) is 0 Å². The van der Waals surface area contributed by atoms with Crippen LogP contribution in [0.5, 0.6) is 5.75 Å². The second-order valence-electron chi connectivity index (χ2n) is 3.60. The number of alkyl halides is 2. The van der Waals surface area contributed by atoms with Gasteiger partial charge in [0, 0.05) is 0 Å². The summed E-state index contributed by atoms with van der Waals surface area (Å²) >= 11 is 11.8. The molecule has 17 heavy (non-hydrogen) atoms. The summed E-state index contributed by atoms with van der Waals surface area (Å²) < 4.78 is 5.67. The third kappa shape index (κ3) is 3.39. The molecule has 0 aromatic heterocycles. The Labute approximate surface area is 111 Å². The van der Waals surface area contributed by atoms with E-state index in [2.05, 4.69) is 0 Å². The van der Waals surface area contributed by atoms with Crippen molar-refractivity contribution in [2.24, 2.45) is 0 Å². The van der Waals surface area contributed by atoms with Gasteiger partial charge < -0.3 is 4.74 Å². The predicted octanol–water partition coefficient (Wildman–Crippen LogP) is 4.74. The molecule has 0 radical (unpaired) electrons. The van der Waals surface area contributed by atoms with Crippen LogP contribution in [0.25, 0.3) is 0 Å². The van der Waals surface area contributed by atoms with Crippen molar-refractivity contribution >= 4 is 23.2 Å². The standard InChI is InChI=1S/C14H12Cl2O/c15-14(16)13-9-5-4-6-11(13)10-17-12-7-2-1-3-8-12/h1-9,14H,10H2. The zero-order chi connectivity index (χ0) is 12.1. The maximum Gasteiger partial charge on any atom is 0.133 e. The van der Waals surface area contributed by atoms with Crippen molar-refractivity contribution in [1.82, 2.24) is 0 Å². The average Bonchev–Trinajstić information content (AvgIpc) is 2.38. The zero-order valence-corrected chi connectivity index (χ0v) is 10.7. The van der Waals surface area contributed by atoms with Gasteiger partial charge in [-0.15, -0.1) is 23.2 Å². The fourth-order valence-electron chi connectivity index (χ4n) is 1.56. The minimum absolute atomic E-state index is 0.468. The molecule has 2 aromatic carbocycles. The molecule has 0 spiro atoms. The lowest BCUT2D eigenvalue weighted by Gasteiger charge is -2.11. The van der Waals surface area contributed by atoms with Crippen LogP contribution >= 0.6 is 23.2 Å². The second kappa shape index (κ2) is 5.95. The molecule has 0 amide bonds. The van der Waals surface area contributed by atoms with E-state index in [4.69, 9.17) is 27.9 Å². The molecular formula is C14H12Cl2O. The minimum Gasteiger partial charge on any atom is -0.489 e. The largest absolute Gasteiger partial charge is 0.489 e. The number of ether oxygens (including phenoxy) is 1. The number of hydrogen-bond donors (Lipinski definition) is 0. The summed E-state index contributed by atoms with van der Waals surface area (Å²) in [5.41, 5.74) is 1.90. The van der Waals surface area contributed by atoms with E-state index in [0.29, 0.717) is 6.61 Å². The molecule has 0 saturated carbocycles. The second-order valence-corrected chi connectivity index (χ2v) is 4.70. The van der Waals surface area contributed by atoms with Crippen molar-refractivity contribution in [3.63, 3.8) is 0 Å². The van der Waals surface area contributed by atoms with Gasteiger partial charge in [0.25, 0.3) is 0 Å². The fraction of sp³-hybridized carbons (Fsp3) is 0.143. The van der Waals surface area contributed by atoms with Gasteiger partial charge in [-0.1, -0.05) is 42.5 Å². The maximum absolute atomic E-state index is 5.90. The van der Waals surface area contributed by atoms with E-state index in [0.717, 1.165) is 16.9 Å². The van der Waals surface area contributed by atoms with Crippen LogP contribution in [0.1, 0.15) is 16.0 Å². The molecule has 2 rings (SSSR count). The molecule has 88 valence electrons. The Hall–Kier alpha value is -1.18. The van der Waals surface area contributed by atoms with Gasteiger partial charge in [-0.25, -0.2) is 0 Å². The van der Waals surface area contributed by atoms with Crippen molar-refractivity contribution in [2.75, 3.05) is 0 Å². The highest BCUT2D eigenvalue weighted by molar-refractivity contribution is 6.44. The lowest BCUT2D eigenvalue weighted by Crippen LogP contribution is -1.99. The highest BCUT2D eigenvalue weighted by atomic mass is 35.5. The van der Waals surface area contributed by atoms with Crippen molar-refractivity contribution < 1.29 is 4.74 Å². The van der Waals surface area contributed by atoms with Gasteiger partial charge in [-0.05, 0) is 23.3 Å².